The molecule has 0 atom stereocenters. The summed E-state index contributed by atoms with van der Waals surface area (Å²) in [4.78, 5) is 28.7. The predicted octanol–water partition coefficient (Wildman–Crippen LogP) is 0.934. The maximum Gasteiger partial charge on any atom is 0.314 e. The van der Waals surface area contributed by atoms with Gasteiger partial charge < -0.3 is 9.72 Å². The topological polar surface area (TPSA) is 72.1 Å². The lowest BCUT2D eigenvalue weighted by atomic mass is 10.3. The van der Waals surface area contributed by atoms with Crippen molar-refractivity contribution in [3.8, 4) is 0 Å². The summed E-state index contributed by atoms with van der Waals surface area (Å²) in [6, 6.07) is 0. The minimum Gasteiger partial charge on any atom is -0.463 e. The van der Waals surface area contributed by atoms with Crippen molar-refractivity contribution in [2.24, 2.45) is 0 Å². The Hall–Kier alpha value is -1.65. The van der Waals surface area contributed by atoms with Gasteiger partial charge in [-0.15, -0.1) is 0 Å². The monoisotopic (exact) mass is 196 g/mol. The molecule has 0 fully saturated rings. The molecule has 5 nitrogen and oxygen atoms in total. The largest absolute Gasteiger partial charge is 0.463 e. The van der Waals surface area contributed by atoms with Crippen molar-refractivity contribution in [2.75, 3.05) is 0 Å². The number of nitrogens with one attached hydrogen (secondary N) is 1. The van der Waals surface area contributed by atoms with E-state index in [2.05, 4.69) is 9.97 Å². The summed E-state index contributed by atoms with van der Waals surface area (Å²) >= 11 is 0. The van der Waals surface area contributed by atoms with Gasteiger partial charge in [0.2, 0.25) is 5.78 Å². The number of Topliss-reactive ketones (excluding diaryl/α,β-unsaturated/α-hetero) is 1. The molecule has 0 unspecified atom stereocenters. The molecule has 0 bridgehead atoms. The molecule has 0 aliphatic rings. The van der Waals surface area contributed by atoms with Gasteiger partial charge in [0.05, 0.1) is 6.10 Å². The van der Waals surface area contributed by atoms with Crippen LogP contribution in [0.25, 0.3) is 0 Å². The number of carbonyl (C=O) groups is 2. The summed E-state index contributed by atoms with van der Waals surface area (Å²) in [5, 5.41) is 0. The lowest BCUT2D eigenvalue weighted by Gasteiger charge is -2.05. The van der Waals surface area contributed by atoms with Crippen LogP contribution in [-0.4, -0.2) is 27.8 Å². The molecule has 1 aromatic heterocycles. The Morgan fingerprint density at radius 1 is 1.57 bits per heavy atom. The third-order valence-corrected chi connectivity index (χ3v) is 1.43. The summed E-state index contributed by atoms with van der Waals surface area (Å²) in [5.41, 5.74) is 0. The highest BCUT2D eigenvalue weighted by molar-refractivity contribution is 6.03. The van der Waals surface area contributed by atoms with Crippen LogP contribution in [0.1, 0.15) is 30.9 Å². The van der Waals surface area contributed by atoms with E-state index in [1.165, 1.54) is 12.4 Å². The first kappa shape index (κ1) is 10.4. The number of hydrogen-bond acceptors (Lipinski definition) is 4. The molecule has 1 rings (SSSR count). The van der Waals surface area contributed by atoms with Gasteiger partial charge in [0.15, 0.2) is 5.82 Å². The summed E-state index contributed by atoms with van der Waals surface area (Å²) in [6.45, 7) is 3.46. The van der Waals surface area contributed by atoms with Gasteiger partial charge in [0, 0.05) is 12.4 Å². The van der Waals surface area contributed by atoms with Crippen LogP contribution in [0, 0.1) is 0 Å². The van der Waals surface area contributed by atoms with Gasteiger partial charge in [0.25, 0.3) is 0 Å². The summed E-state index contributed by atoms with van der Waals surface area (Å²) in [6.07, 6.45) is 2.51. The second-order valence-electron chi connectivity index (χ2n) is 3.08. The molecule has 14 heavy (non-hydrogen) atoms. The highest BCUT2D eigenvalue weighted by atomic mass is 16.5. The Bertz CT molecular complexity index is 317. The fourth-order valence-electron chi connectivity index (χ4n) is 0.937. The number of hydrogen-bond donors (Lipinski definition) is 1. The molecule has 0 spiro atoms. The van der Waals surface area contributed by atoms with Crippen molar-refractivity contribution in [1.29, 1.82) is 0 Å². The molecule has 76 valence electrons. The van der Waals surface area contributed by atoms with E-state index in [0.717, 1.165) is 0 Å². The van der Waals surface area contributed by atoms with Gasteiger partial charge in [0.1, 0.15) is 6.42 Å². The highest BCUT2D eigenvalue weighted by Crippen LogP contribution is 1.99. The molecule has 0 radical (unpaired) electrons. The Morgan fingerprint density at radius 3 is 2.79 bits per heavy atom. The van der Waals surface area contributed by atoms with Gasteiger partial charge in [-0.05, 0) is 13.8 Å². The van der Waals surface area contributed by atoms with E-state index in [0.29, 0.717) is 0 Å². The maximum atomic E-state index is 11.3. The molecule has 1 heterocycles. The minimum absolute atomic E-state index is 0.186. The standard InChI is InChI=1S/C9H12N2O3/c1-6(2)14-8(13)5-7(12)9-10-3-4-11-9/h3-4,6H,5H2,1-2H3,(H,10,11). The number of H-pyrrole nitrogens is 1. The fraction of sp³-hybridized carbons (Fsp3) is 0.444. The number of aromatic nitrogens is 2. The first-order valence-electron chi connectivity index (χ1n) is 4.31. The lowest BCUT2D eigenvalue weighted by Crippen LogP contribution is -2.16. The Labute approximate surface area is 81.5 Å². The van der Waals surface area contributed by atoms with Crippen LogP contribution >= 0.6 is 0 Å². The van der Waals surface area contributed by atoms with E-state index >= 15 is 0 Å². The molecule has 0 aromatic carbocycles. The zero-order valence-electron chi connectivity index (χ0n) is 8.11. The predicted molar refractivity (Wildman–Crippen MR) is 48.8 cm³/mol. The number of imidazole rings is 1. The lowest BCUT2D eigenvalue weighted by molar-refractivity contribution is -0.146. The van der Waals surface area contributed by atoms with Crippen LogP contribution in [0.2, 0.25) is 0 Å². The minimum atomic E-state index is -0.526. The smallest absolute Gasteiger partial charge is 0.314 e. The first-order valence-corrected chi connectivity index (χ1v) is 4.31. The number of rotatable bonds is 4. The van der Waals surface area contributed by atoms with Crippen molar-refractivity contribution in [3.63, 3.8) is 0 Å². The average molecular weight is 196 g/mol. The Morgan fingerprint density at radius 2 is 2.29 bits per heavy atom. The molecule has 0 saturated heterocycles. The average Bonchev–Trinajstić information content (AvgIpc) is 2.53. The van der Waals surface area contributed by atoms with Gasteiger partial charge in [-0.25, -0.2) is 4.98 Å². The van der Waals surface area contributed by atoms with E-state index in [4.69, 9.17) is 4.74 Å². The summed E-state index contributed by atoms with van der Waals surface area (Å²) < 4.78 is 4.82. The first-order chi connectivity index (χ1) is 6.59. The number of carbonyl (C=O) groups excluding carboxylic acids is 2. The Balaban J connectivity index is 2.46. The maximum absolute atomic E-state index is 11.3. The summed E-state index contributed by atoms with van der Waals surface area (Å²) in [5.74, 6) is -0.701. The zero-order chi connectivity index (χ0) is 10.6. The van der Waals surface area contributed by atoms with Crippen LogP contribution in [-0.2, 0) is 9.53 Å². The van der Waals surface area contributed by atoms with E-state index < -0.39 is 5.97 Å². The van der Waals surface area contributed by atoms with Crippen LogP contribution in [0.15, 0.2) is 12.4 Å². The number of aromatic amines is 1. The van der Waals surface area contributed by atoms with Crippen molar-refractivity contribution < 1.29 is 14.3 Å². The van der Waals surface area contributed by atoms with E-state index in [1.54, 1.807) is 13.8 Å². The van der Waals surface area contributed by atoms with Gasteiger partial charge in [-0.2, -0.15) is 0 Å². The second-order valence-corrected chi connectivity index (χ2v) is 3.08. The number of ether oxygens (including phenoxy) is 1. The molecule has 0 aliphatic carbocycles. The van der Waals surface area contributed by atoms with Crippen molar-refractivity contribution in [1.82, 2.24) is 9.97 Å². The van der Waals surface area contributed by atoms with Crippen LogP contribution in [0.3, 0.4) is 0 Å². The second kappa shape index (κ2) is 4.55. The van der Waals surface area contributed by atoms with E-state index in [1.807, 2.05) is 0 Å². The van der Waals surface area contributed by atoms with Crippen LogP contribution < -0.4 is 0 Å². The fourth-order valence-corrected chi connectivity index (χ4v) is 0.937. The SMILES string of the molecule is CC(C)OC(=O)CC(=O)c1ncc[nH]1. The molecular formula is C9H12N2O3. The molecule has 1 N–H and O–H groups in total. The van der Waals surface area contributed by atoms with Crippen molar-refractivity contribution >= 4 is 11.8 Å². The molecule has 0 amide bonds. The van der Waals surface area contributed by atoms with Gasteiger partial charge in [-0.3, -0.25) is 9.59 Å². The molecule has 5 heteroatoms. The normalized spacial score (nSPS) is 10.2. The van der Waals surface area contributed by atoms with E-state index in [9.17, 15) is 9.59 Å². The Kier molecular flexibility index (Phi) is 3.39. The number of esters is 1. The summed E-state index contributed by atoms with van der Waals surface area (Å²) in [7, 11) is 0. The van der Waals surface area contributed by atoms with Crippen LogP contribution in [0.5, 0.6) is 0 Å². The number of nitrogens with zero attached hydrogens (tertiary/aromatic N) is 1. The van der Waals surface area contributed by atoms with Gasteiger partial charge >= 0.3 is 5.97 Å². The molecule has 0 aliphatic heterocycles. The van der Waals surface area contributed by atoms with Crippen LogP contribution in [0.4, 0.5) is 0 Å². The zero-order valence-corrected chi connectivity index (χ0v) is 8.11. The van der Waals surface area contributed by atoms with Crippen molar-refractivity contribution in [2.45, 2.75) is 26.4 Å². The van der Waals surface area contributed by atoms with Crippen molar-refractivity contribution in [3.05, 3.63) is 18.2 Å². The molecule has 1 aromatic rings. The highest BCUT2D eigenvalue weighted by Gasteiger charge is 2.15. The van der Waals surface area contributed by atoms with E-state index in [-0.39, 0.29) is 24.1 Å². The molecule has 0 saturated carbocycles. The third-order valence-electron chi connectivity index (χ3n) is 1.43. The van der Waals surface area contributed by atoms with Gasteiger partial charge in [-0.1, -0.05) is 0 Å². The molecular weight excluding hydrogens is 184 g/mol. The quantitative estimate of drug-likeness (QED) is 0.442. The number of ketones is 1. The third kappa shape index (κ3) is 3.01.